The van der Waals surface area contributed by atoms with Crippen LogP contribution in [0, 0.1) is 25.7 Å². The van der Waals surface area contributed by atoms with Crippen LogP contribution in [0.4, 0.5) is 0 Å². The van der Waals surface area contributed by atoms with Crippen molar-refractivity contribution in [3.05, 3.63) is 58.9 Å². The smallest absolute Gasteiger partial charge is 0.256 e. The van der Waals surface area contributed by atoms with E-state index in [9.17, 15) is 4.79 Å². The first-order valence-electron chi connectivity index (χ1n) is 8.77. The number of aromatic nitrogens is 1. The highest BCUT2D eigenvalue weighted by molar-refractivity contribution is 5.96. The van der Waals surface area contributed by atoms with Crippen LogP contribution in [0.1, 0.15) is 33.2 Å². The zero-order valence-corrected chi connectivity index (χ0v) is 14.6. The molecule has 0 saturated carbocycles. The van der Waals surface area contributed by atoms with Crippen LogP contribution in [0.2, 0.25) is 0 Å². The van der Waals surface area contributed by atoms with Crippen LogP contribution in [0.3, 0.4) is 0 Å². The van der Waals surface area contributed by atoms with Gasteiger partial charge in [0.2, 0.25) is 0 Å². The van der Waals surface area contributed by atoms with E-state index in [0.717, 1.165) is 30.9 Å². The summed E-state index contributed by atoms with van der Waals surface area (Å²) in [5.41, 5.74) is 4.45. The third-order valence-electron chi connectivity index (χ3n) is 5.95. The molecule has 2 aliphatic heterocycles. The minimum Gasteiger partial charge on any atom is -0.354 e. The van der Waals surface area contributed by atoms with Gasteiger partial charge in [-0.25, -0.2) is 0 Å². The fourth-order valence-corrected chi connectivity index (χ4v) is 4.44. The van der Waals surface area contributed by atoms with Gasteiger partial charge in [-0.15, -0.1) is 0 Å². The molecule has 0 bridgehead atoms. The number of carbonyl (C=O) groups is 1. The Labute approximate surface area is 143 Å². The average molecular weight is 323 g/mol. The first-order chi connectivity index (χ1) is 11.6. The molecular weight excluding hydrogens is 298 g/mol. The van der Waals surface area contributed by atoms with Crippen molar-refractivity contribution in [2.75, 3.05) is 19.6 Å². The van der Waals surface area contributed by atoms with Gasteiger partial charge >= 0.3 is 0 Å². The summed E-state index contributed by atoms with van der Waals surface area (Å²) >= 11 is 0. The SMILES string of the molecule is Cc1ccccc1[C@H]1[C@H]2CNC[C@H]2CN1C(=O)c1ccn(C)c1C. The van der Waals surface area contributed by atoms with Gasteiger partial charge in [-0.3, -0.25) is 4.79 Å². The van der Waals surface area contributed by atoms with Crippen molar-refractivity contribution in [2.24, 2.45) is 18.9 Å². The Morgan fingerprint density at radius 3 is 2.67 bits per heavy atom. The topological polar surface area (TPSA) is 37.3 Å². The van der Waals surface area contributed by atoms with E-state index in [-0.39, 0.29) is 11.9 Å². The summed E-state index contributed by atoms with van der Waals surface area (Å²) in [5.74, 6) is 1.25. The first kappa shape index (κ1) is 15.5. The number of carbonyl (C=O) groups excluding carboxylic acids is 1. The number of amides is 1. The predicted molar refractivity (Wildman–Crippen MR) is 95.0 cm³/mol. The lowest BCUT2D eigenvalue weighted by Gasteiger charge is -2.29. The van der Waals surface area contributed by atoms with Gasteiger partial charge in [0.25, 0.3) is 5.91 Å². The van der Waals surface area contributed by atoms with Gasteiger partial charge in [0.05, 0.1) is 11.6 Å². The third-order valence-corrected chi connectivity index (χ3v) is 5.95. The zero-order valence-electron chi connectivity index (χ0n) is 14.6. The summed E-state index contributed by atoms with van der Waals surface area (Å²) in [4.78, 5) is 15.4. The lowest BCUT2D eigenvalue weighted by atomic mass is 9.87. The molecule has 3 heterocycles. The first-order valence-corrected chi connectivity index (χ1v) is 8.77. The molecule has 126 valence electrons. The minimum absolute atomic E-state index is 0.177. The van der Waals surface area contributed by atoms with Crippen molar-refractivity contribution in [3.63, 3.8) is 0 Å². The number of rotatable bonds is 2. The van der Waals surface area contributed by atoms with E-state index >= 15 is 0 Å². The predicted octanol–water partition coefficient (Wildman–Crippen LogP) is 2.67. The van der Waals surface area contributed by atoms with Gasteiger partial charge in [0.15, 0.2) is 0 Å². The number of nitrogens with one attached hydrogen (secondary N) is 1. The van der Waals surface area contributed by atoms with Crippen molar-refractivity contribution >= 4 is 5.91 Å². The van der Waals surface area contributed by atoms with Crippen LogP contribution in [0.15, 0.2) is 36.5 Å². The number of benzene rings is 1. The average Bonchev–Trinajstić information content (AvgIpc) is 3.24. The van der Waals surface area contributed by atoms with Crippen LogP contribution < -0.4 is 5.32 Å². The van der Waals surface area contributed by atoms with Crippen LogP contribution >= 0.6 is 0 Å². The Hall–Kier alpha value is -2.07. The molecule has 2 aliphatic rings. The fraction of sp³-hybridized carbons (Fsp3) is 0.450. The number of nitrogens with zero attached hydrogens (tertiary/aromatic N) is 2. The van der Waals surface area contributed by atoms with Crippen molar-refractivity contribution in [2.45, 2.75) is 19.9 Å². The highest BCUT2D eigenvalue weighted by atomic mass is 16.2. The normalized spacial score (nSPS) is 26.0. The maximum Gasteiger partial charge on any atom is 0.256 e. The second-order valence-electron chi connectivity index (χ2n) is 7.27. The molecule has 3 atom stereocenters. The number of hydrogen-bond donors (Lipinski definition) is 1. The molecular formula is C20H25N3O. The summed E-state index contributed by atoms with van der Waals surface area (Å²) in [6.07, 6.45) is 1.98. The lowest BCUT2D eigenvalue weighted by molar-refractivity contribution is 0.0713. The summed E-state index contributed by atoms with van der Waals surface area (Å²) in [7, 11) is 1.99. The van der Waals surface area contributed by atoms with E-state index in [0.29, 0.717) is 11.8 Å². The molecule has 1 N–H and O–H groups in total. The maximum atomic E-state index is 13.3. The summed E-state index contributed by atoms with van der Waals surface area (Å²) in [5, 5.41) is 3.52. The van der Waals surface area contributed by atoms with Crippen LogP contribution in [0.5, 0.6) is 0 Å². The lowest BCUT2D eigenvalue weighted by Crippen LogP contribution is -2.35. The highest BCUT2D eigenvalue weighted by Crippen LogP contribution is 2.44. The van der Waals surface area contributed by atoms with Gasteiger partial charge in [-0.1, -0.05) is 24.3 Å². The largest absolute Gasteiger partial charge is 0.354 e. The molecule has 4 heteroatoms. The highest BCUT2D eigenvalue weighted by Gasteiger charge is 2.47. The molecule has 1 aromatic heterocycles. The summed E-state index contributed by atoms with van der Waals surface area (Å²) in [6.45, 7) is 7.05. The molecule has 2 fully saturated rings. The second-order valence-corrected chi connectivity index (χ2v) is 7.27. The molecule has 4 nitrogen and oxygen atoms in total. The Bertz CT molecular complexity index is 779. The third kappa shape index (κ3) is 2.28. The molecule has 0 aliphatic carbocycles. The Balaban J connectivity index is 1.75. The number of aryl methyl sites for hydroxylation is 2. The molecule has 24 heavy (non-hydrogen) atoms. The van der Waals surface area contributed by atoms with Crippen molar-refractivity contribution in [3.8, 4) is 0 Å². The Morgan fingerprint density at radius 1 is 1.17 bits per heavy atom. The van der Waals surface area contributed by atoms with Gasteiger partial charge in [-0.05, 0) is 37.0 Å². The van der Waals surface area contributed by atoms with E-state index in [1.807, 2.05) is 30.8 Å². The molecule has 2 saturated heterocycles. The summed E-state index contributed by atoms with van der Waals surface area (Å²) < 4.78 is 2.02. The number of likely N-dealkylation sites (tertiary alicyclic amines) is 1. The molecule has 4 rings (SSSR count). The van der Waals surface area contributed by atoms with E-state index < -0.39 is 0 Å². The second kappa shape index (κ2) is 5.78. The van der Waals surface area contributed by atoms with Crippen LogP contribution in [-0.2, 0) is 7.05 Å². The molecule has 0 spiro atoms. The standard InChI is InChI=1S/C20H25N3O/c1-13-6-4-5-7-16(13)19-18-11-21-10-15(18)12-23(19)20(24)17-8-9-22(3)14(17)2/h4-9,15,18-19,21H,10-12H2,1-3H3/t15-,18-,19-/m0/s1. The van der Waals surface area contributed by atoms with Gasteiger partial charge in [-0.2, -0.15) is 0 Å². The van der Waals surface area contributed by atoms with Crippen molar-refractivity contribution in [1.82, 2.24) is 14.8 Å². The Morgan fingerprint density at radius 2 is 1.96 bits per heavy atom. The van der Waals surface area contributed by atoms with Crippen molar-refractivity contribution in [1.29, 1.82) is 0 Å². The van der Waals surface area contributed by atoms with Crippen molar-refractivity contribution < 1.29 is 4.79 Å². The maximum absolute atomic E-state index is 13.3. The van der Waals surface area contributed by atoms with Gasteiger partial charge in [0, 0.05) is 44.5 Å². The summed E-state index contributed by atoms with van der Waals surface area (Å²) in [6, 6.07) is 10.7. The fourth-order valence-electron chi connectivity index (χ4n) is 4.44. The Kier molecular flexibility index (Phi) is 3.72. The minimum atomic E-state index is 0.177. The molecule has 2 aromatic rings. The monoisotopic (exact) mass is 323 g/mol. The van der Waals surface area contributed by atoms with E-state index in [1.54, 1.807) is 0 Å². The number of fused-ring (bicyclic) bond motifs is 1. The quantitative estimate of drug-likeness (QED) is 0.922. The van der Waals surface area contributed by atoms with E-state index in [1.165, 1.54) is 11.1 Å². The molecule has 1 amide bonds. The van der Waals surface area contributed by atoms with Crippen LogP contribution in [-0.4, -0.2) is 35.0 Å². The molecule has 1 aromatic carbocycles. The molecule has 0 unspecified atom stereocenters. The van der Waals surface area contributed by atoms with Crippen LogP contribution in [0.25, 0.3) is 0 Å². The molecule has 0 radical (unpaired) electrons. The van der Waals surface area contributed by atoms with Gasteiger partial charge < -0.3 is 14.8 Å². The van der Waals surface area contributed by atoms with E-state index in [4.69, 9.17) is 0 Å². The zero-order chi connectivity index (χ0) is 16.8. The van der Waals surface area contributed by atoms with E-state index in [2.05, 4.69) is 41.4 Å². The van der Waals surface area contributed by atoms with Gasteiger partial charge in [0.1, 0.15) is 0 Å². The number of hydrogen-bond acceptors (Lipinski definition) is 2.